The molecule has 2 aromatic carbocycles. The van der Waals surface area contributed by atoms with Crippen LogP contribution in [0.1, 0.15) is 18.1 Å². The van der Waals surface area contributed by atoms with Gasteiger partial charge in [0, 0.05) is 5.56 Å². The molecule has 7 nitrogen and oxygen atoms in total. The number of methoxy groups -OCH3 is 1. The van der Waals surface area contributed by atoms with Crippen molar-refractivity contribution in [3.63, 3.8) is 0 Å². The van der Waals surface area contributed by atoms with Crippen LogP contribution in [0.4, 0.5) is 5.13 Å². The highest BCUT2D eigenvalue weighted by Gasteiger charge is 2.18. The summed E-state index contributed by atoms with van der Waals surface area (Å²) in [6.45, 7) is 3.63. The van der Waals surface area contributed by atoms with Gasteiger partial charge in [0.25, 0.3) is 0 Å². The third-order valence-electron chi connectivity index (χ3n) is 4.21. The first-order chi connectivity index (χ1) is 13.9. The lowest BCUT2D eigenvalue weighted by Crippen LogP contribution is -2.42. The maximum atomic E-state index is 12.4. The van der Waals surface area contributed by atoms with Gasteiger partial charge in [-0.2, -0.15) is 0 Å². The first kappa shape index (κ1) is 20.5. The van der Waals surface area contributed by atoms with Crippen molar-refractivity contribution in [3.05, 3.63) is 59.7 Å². The Balaban J connectivity index is 1.54. The zero-order chi connectivity index (χ0) is 20.8. The van der Waals surface area contributed by atoms with Crippen molar-refractivity contribution in [1.29, 1.82) is 0 Å². The molecule has 3 aromatic rings. The van der Waals surface area contributed by atoms with Gasteiger partial charge < -0.3 is 10.1 Å². The summed E-state index contributed by atoms with van der Waals surface area (Å²) in [5.41, 5.74) is 2.91. The molecule has 8 heteroatoms. The highest BCUT2D eigenvalue weighted by atomic mass is 32.1. The van der Waals surface area contributed by atoms with Gasteiger partial charge in [-0.25, -0.2) is 0 Å². The number of aryl methyl sites for hydroxylation is 1. The van der Waals surface area contributed by atoms with Crippen LogP contribution in [0.5, 0.6) is 5.75 Å². The molecule has 0 unspecified atom stereocenters. The summed E-state index contributed by atoms with van der Waals surface area (Å²) in [4.78, 5) is 24.6. The van der Waals surface area contributed by atoms with Crippen LogP contribution in [0.15, 0.2) is 48.5 Å². The second kappa shape index (κ2) is 9.29. The molecule has 0 aliphatic heterocycles. The summed E-state index contributed by atoms with van der Waals surface area (Å²) in [7, 11) is 1.59. The molecule has 150 valence electrons. The minimum Gasteiger partial charge on any atom is -0.497 e. The summed E-state index contributed by atoms with van der Waals surface area (Å²) in [5.74, 6) is 0.138. The Morgan fingerprint density at radius 1 is 1.14 bits per heavy atom. The molecule has 1 aromatic heterocycles. The number of carbonyl (C=O) groups excluding carboxylic acids is 2. The minimum absolute atomic E-state index is 0.179. The van der Waals surface area contributed by atoms with E-state index in [9.17, 15) is 9.59 Å². The molecule has 0 aliphatic rings. The first-order valence-electron chi connectivity index (χ1n) is 9.08. The average Bonchev–Trinajstić information content (AvgIpc) is 3.17. The van der Waals surface area contributed by atoms with E-state index in [4.69, 9.17) is 4.74 Å². The first-order valence-corrected chi connectivity index (χ1v) is 9.90. The zero-order valence-corrected chi connectivity index (χ0v) is 17.2. The number of ether oxygens (including phenoxy) is 1. The Morgan fingerprint density at radius 3 is 2.59 bits per heavy atom. The number of benzene rings is 2. The SMILES string of the molecule is COc1ccc(CC(=O)N[C@@H](C)C(=O)Nc2nnc(-c3cccc(C)c3)s2)cc1. The summed E-state index contributed by atoms with van der Waals surface area (Å²) in [6.07, 6.45) is 0.179. The fraction of sp³-hybridized carbons (Fsp3) is 0.238. The van der Waals surface area contributed by atoms with Gasteiger partial charge in [-0.15, -0.1) is 10.2 Å². The molecule has 2 N–H and O–H groups in total. The smallest absolute Gasteiger partial charge is 0.248 e. The van der Waals surface area contributed by atoms with Crippen molar-refractivity contribution in [2.75, 3.05) is 12.4 Å². The fourth-order valence-electron chi connectivity index (χ4n) is 2.67. The lowest BCUT2D eigenvalue weighted by Gasteiger charge is -2.13. The van der Waals surface area contributed by atoms with E-state index in [1.165, 1.54) is 11.3 Å². The van der Waals surface area contributed by atoms with Gasteiger partial charge in [-0.05, 0) is 37.6 Å². The topological polar surface area (TPSA) is 93.2 Å². The number of rotatable bonds is 7. The van der Waals surface area contributed by atoms with E-state index in [0.29, 0.717) is 5.13 Å². The van der Waals surface area contributed by atoms with Crippen LogP contribution in [-0.2, 0) is 16.0 Å². The van der Waals surface area contributed by atoms with E-state index in [-0.39, 0.29) is 18.2 Å². The third kappa shape index (κ3) is 5.61. The fourth-order valence-corrected chi connectivity index (χ4v) is 3.41. The number of hydrogen-bond donors (Lipinski definition) is 2. The molecule has 0 fully saturated rings. The molecule has 0 aliphatic carbocycles. The van der Waals surface area contributed by atoms with Gasteiger partial charge in [0.1, 0.15) is 16.8 Å². The maximum Gasteiger partial charge on any atom is 0.248 e. The quantitative estimate of drug-likeness (QED) is 0.624. The van der Waals surface area contributed by atoms with Crippen molar-refractivity contribution < 1.29 is 14.3 Å². The van der Waals surface area contributed by atoms with Crippen LogP contribution < -0.4 is 15.4 Å². The van der Waals surface area contributed by atoms with Gasteiger partial charge in [0.15, 0.2) is 0 Å². The number of anilines is 1. The van der Waals surface area contributed by atoms with Crippen molar-refractivity contribution in [2.24, 2.45) is 0 Å². The molecule has 0 bridgehead atoms. The van der Waals surface area contributed by atoms with E-state index >= 15 is 0 Å². The number of carbonyl (C=O) groups is 2. The van der Waals surface area contributed by atoms with Crippen molar-refractivity contribution in [3.8, 4) is 16.3 Å². The number of amides is 2. The van der Waals surface area contributed by atoms with Gasteiger partial charge >= 0.3 is 0 Å². The van der Waals surface area contributed by atoms with Gasteiger partial charge in [0.2, 0.25) is 16.9 Å². The average molecular weight is 410 g/mol. The van der Waals surface area contributed by atoms with E-state index in [2.05, 4.69) is 20.8 Å². The van der Waals surface area contributed by atoms with Crippen LogP contribution in [0.3, 0.4) is 0 Å². The van der Waals surface area contributed by atoms with E-state index < -0.39 is 6.04 Å². The van der Waals surface area contributed by atoms with Crippen LogP contribution in [0.25, 0.3) is 10.6 Å². The standard InChI is InChI=1S/C21H22N4O3S/c1-13-5-4-6-16(11-13)20-24-25-21(29-20)23-19(27)14(2)22-18(26)12-15-7-9-17(28-3)10-8-15/h4-11,14H,12H2,1-3H3,(H,22,26)(H,23,25,27)/t14-/m0/s1. The molecule has 29 heavy (non-hydrogen) atoms. The molecule has 1 atom stereocenters. The van der Waals surface area contributed by atoms with Gasteiger partial charge in [-0.3, -0.25) is 14.9 Å². The largest absolute Gasteiger partial charge is 0.497 e. The maximum absolute atomic E-state index is 12.4. The second-order valence-electron chi connectivity index (χ2n) is 6.59. The van der Waals surface area contributed by atoms with Gasteiger partial charge in [-0.1, -0.05) is 47.2 Å². The van der Waals surface area contributed by atoms with Crippen molar-refractivity contribution in [2.45, 2.75) is 26.3 Å². The Bertz CT molecular complexity index is 1000. The van der Waals surface area contributed by atoms with Crippen LogP contribution in [0, 0.1) is 6.92 Å². The second-order valence-corrected chi connectivity index (χ2v) is 7.56. The molecule has 0 saturated carbocycles. The molecule has 1 heterocycles. The molecule has 0 saturated heterocycles. The Hall–Kier alpha value is -3.26. The molecule has 2 amide bonds. The van der Waals surface area contributed by atoms with E-state index in [1.54, 1.807) is 26.2 Å². The summed E-state index contributed by atoms with van der Waals surface area (Å²) >= 11 is 1.29. The number of hydrogen-bond acceptors (Lipinski definition) is 6. The third-order valence-corrected chi connectivity index (χ3v) is 5.10. The molecule has 3 rings (SSSR count). The highest BCUT2D eigenvalue weighted by Crippen LogP contribution is 2.26. The number of nitrogens with zero attached hydrogens (tertiary/aromatic N) is 2. The molecular weight excluding hydrogens is 388 g/mol. The van der Waals surface area contributed by atoms with Crippen LogP contribution in [-0.4, -0.2) is 35.2 Å². The summed E-state index contributed by atoms with van der Waals surface area (Å²) < 4.78 is 5.10. The molecule has 0 spiro atoms. The van der Waals surface area contributed by atoms with Crippen molar-refractivity contribution in [1.82, 2.24) is 15.5 Å². The zero-order valence-electron chi connectivity index (χ0n) is 16.4. The summed E-state index contributed by atoms with van der Waals surface area (Å²) in [6, 6.07) is 14.4. The van der Waals surface area contributed by atoms with Crippen LogP contribution in [0.2, 0.25) is 0 Å². The Kier molecular flexibility index (Phi) is 6.56. The molecule has 0 radical (unpaired) electrons. The number of aromatic nitrogens is 2. The summed E-state index contributed by atoms with van der Waals surface area (Å²) in [5, 5.41) is 14.7. The monoisotopic (exact) mass is 410 g/mol. The Morgan fingerprint density at radius 2 is 1.90 bits per heavy atom. The minimum atomic E-state index is -0.702. The van der Waals surface area contributed by atoms with E-state index in [0.717, 1.165) is 27.4 Å². The highest BCUT2D eigenvalue weighted by molar-refractivity contribution is 7.18. The lowest BCUT2D eigenvalue weighted by molar-refractivity contribution is -0.125. The lowest BCUT2D eigenvalue weighted by atomic mass is 10.1. The predicted molar refractivity (Wildman–Crippen MR) is 113 cm³/mol. The van der Waals surface area contributed by atoms with Gasteiger partial charge in [0.05, 0.1) is 13.5 Å². The predicted octanol–water partition coefficient (Wildman–Crippen LogP) is 3.21. The van der Waals surface area contributed by atoms with Crippen LogP contribution >= 0.6 is 11.3 Å². The van der Waals surface area contributed by atoms with Crippen molar-refractivity contribution >= 4 is 28.3 Å². The van der Waals surface area contributed by atoms with E-state index in [1.807, 2.05) is 43.3 Å². The molecular formula is C21H22N4O3S. The Labute approximate surface area is 173 Å². The number of nitrogens with one attached hydrogen (secondary N) is 2. The normalized spacial score (nSPS) is 11.6.